The van der Waals surface area contributed by atoms with E-state index in [9.17, 15) is 0 Å². The fourth-order valence-electron chi connectivity index (χ4n) is 1.52. The molecule has 0 spiro atoms. The molecule has 0 aliphatic heterocycles. The third-order valence-electron chi connectivity index (χ3n) is 2.28. The smallest absolute Gasteiger partial charge is 0.157 e. The Morgan fingerprint density at radius 2 is 2.33 bits per heavy atom. The molecular formula is C11H21N3O. The molecule has 1 unspecified atom stereocenters. The Morgan fingerprint density at radius 1 is 1.53 bits per heavy atom. The first-order valence-electron chi connectivity index (χ1n) is 5.63. The van der Waals surface area contributed by atoms with E-state index in [0.29, 0.717) is 0 Å². The predicted octanol–water partition coefficient (Wildman–Crippen LogP) is 1.67. The van der Waals surface area contributed by atoms with E-state index in [-0.39, 0.29) is 6.10 Å². The molecule has 4 heteroatoms. The van der Waals surface area contributed by atoms with Crippen LogP contribution in [0.25, 0.3) is 0 Å². The van der Waals surface area contributed by atoms with Crippen molar-refractivity contribution >= 4 is 0 Å². The number of rotatable bonds is 7. The van der Waals surface area contributed by atoms with Crippen LogP contribution in [0.5, 0.6) is 5.75 Å². The molecule has 0 saturated heterocycles. The molecule has 4 nitrogen and oxygen atoms in total. The van der Waals surface area contributed by atoms with Crippen LogP contribution >= 0.6 is 0 Å². The van der Waals surface area contributed by atoms with Crippen molar-refractivity contribution in [2.45, 2.75) is 39.3 Å². The first kappa shape index (κ1) is 12.0. The van der Waals surface area contributed by atoms with Gasteiger partial charge in [-0.2, -0.15) is 5.10 Å². The predicted molar refractivity (Wildman–Crippen MR) is 61.2 cm³/mol. The number of aryl methyl sites for hydroxylation is 1. The summed E-state index contributed by atoms with van der Waals surface area (Å²) in [7, 11) is 1.95. The van der Waals surface area contributed by atoms with E-state index < -0.39 is 0 Å². The summed E-state index contributed by atoms with van der Waals surface area (Å²) in [6.07, 6.45) is 6.17. The van der Waals surface area contributed by atoms with Crippen LogP contribution in [0.4, 0.5) is 0 Å². The van der Waals surface area contributed by atoms with E-state index in [4.69, 9.17) is 4.74 Å². The van der Waals surface area contributed by atoms with Crippen LogP contribution in [-0.2, 0) is 6.54 Å². The van der Waals surface area contributed by atoms with E-state index in [2.05, 4.69) is 24.3 Å². The maximum absolute atomic E-state index is 5.83. The fraction of sp³-hybridized carbons (Fsp3) is 0.727. The average Bonchev–Trinajstić information content (AvgIpc) is 2.66. The van der Waals surface area contributed by atoms with Gasteiger partial charge in [0.1, 0.15) is 6.10 Å². The molecule has 0 aliphatic rings. The van der Waals surface area contributed by atoms with Gasteiger partial charge in [0.2, 0.25) is 0 Å². The van der Waals surface area contributed by atoms with Crippen molar-refractivity contribution in [2.75, 3.05) is 13.6 Å². The number of ether oxygens (including phenoxy) is 1. The van der Waals surface area contributed by atoms with E-state index >= 15 is 0 Å². The summed E-state index contributed by atoms with van der Waals surface area (Å²) in [4.78, 5) is 0. The Balaban J connectivity index is 2.48. The van der Waals surface area contributed by atoms with Crippen LogP contribution in [0.2, 0.25) is 0 Å². The van der Waals surface area contributed by atoms with Gasteiger partial charge >= 0.3 is 0 Å². The zero-order chi connectivity index (χ0) is 11.1. The second kappa shape index (κ2) is 6.45. The molecule has 15 heavy (non-hydrogen) atoms. The molecule has 1 rings (SSSR count). The standard InChI is InChI=1S/C11H21N3O/c1-4-6-10(7-12-3)15-11-8-13-14(5-2)9-11/h8-10,12H,4-7H2,1-3H3. The average molecular weight is 211 g/mol. The Bertz CT molecular complexity index is 267. The molecule has 0 bridgehead atoms. The van der Waals surface area contributed by atoms with Gasteiger partial charge in [0.25, 0.3) is 0 Å². The van der Waals surface area contributed by atoms with Gasteiger partial charge < -0.3 is 10.1 Å². The highest BCUT2D eigenvalue weighted by molar-refractivity contribution is 5.12. The SMILES string of the molecule is CCCC(CNC)Oc1cnn(CC)c1. The lowest BCUT2D eigenvalue weighted by molar-refractivity contribution is 0.189. The van der Waals surface area contributed by atoms with Crippen LogP contribution in [0.15, 0.2) is 12.4 Å². The van der Waals surface area contributed by atoms with Gasteiger partial charge in [-0.1, -0.05) is 13.3 Å². The monoisotopic (exact) mass is 211 g/mol. The number of nitrogens with zero attached hydrogens (tertiary/aromatic N) is 2. The lowest BCUT2D eigenvalue weighted by atomic mass is 10.2. The third-order valence-corrected chi connectivity index (χ3v) is 2.28. The van der Waals surface area contributed by atoms with Crippen molar-refractivity contribution in [3.8, 4) is 5.75 Å². The van der Waals surface area contributed by atoms with Gasteiger partial charge in [-0.05, 0) is 20.4 Å². The van der Waals surface area contributed by atoms with Crippen LogP contribution in [0, 0.1) is 0 Å². The molecule has 0 saturated carbocycles. The highest BCUT2D eigenvalue weighted by Crippen LogP contribution is 2.12. The van der Waals surface area contributed by atoms with Gasteiger partial charge in [0.05, 0.1) is 12.4 Å². The Morgan fingerprint density at radius 3 is 2.87 bits per heavy atom. The lowest BCUT2D eigenvalue weighted by Gasteiger charge is -2.16. The van der Waals surface area contributed by atoms with Crippen molar-refractivity contribution < 1.29 is 4.74 Å². The van der Waals surface area contributed by atoms with E-state index in [0.717, 1.165) is 31.7 Å². The molecule has 1 atom stereocenters. The van der Waals surface area contributed by atoms with Gasteiger partial charge in [-0.15, -0.1) is 0 Å². The molecule has 1 N–H and O–H groups in total. The molecular weight excluding hydrogens is 190 g/mol. The fourth-order valence-corrected chi connectivity index (χ4v) is 1.52. The van der Waals surface area contributed by atoms with E-state index in [1.54, 1.807) is 6.20 Å². The van der Waals surface area contributed by atoms with Gasteiger partial charge in [0, 0.05) is 13.1 Å². The quantitative estimate of drug-likeness (QED) is 0.745. The maximum Gasteiger partial charge on any atom is 0.157 e. The summed E-state index contributed by atoms with van der Waals surface area (Å²) in [5.41, 5.74) is 0. The molecule has 1 aromatic heterocycles. The Hall–Kier alpha value is -1.03. The van der Waals surface area contributed by atoms with E-state index in [1.165, 1.54) is 0 Å². The highest BCUT2D eigenvalue weighted by Gasteiger charge is 2.09. The highest BCUT2D eigenvalue weighted by atomic mass is 16.5. The van der Waals surface area contributed by atoms with Crippen LogP contribution in [-0.4, -0.2) is 29.5 Å². The van der Waals surface area contributed by atoms with Crippen molar-refractivity contribution in [2.24, 2.45) is 0 Å². The minimum Gasteiger partial charge on any atom is -0.486 e. The summed E-state index contributed by atoms with van der Waals surface area (Å²) in [6, 6.07) is 0. The zero-order valence-corrected chi connectivity index (χ0v) is 9.86. The lowest BCUT2D eigenvalue weighted by Crippen LogP contribution is -2.28. The molecule has 0 aromatic carbocycles. The second-order valence-electron chi connectivity index (χ2n) is 3.62. The minimum atomic E-state index is 0.245. The number of aromatic nitrogens is 2. The molecule has 1 aromatic rings. The van der Waals surface area contributed by atoms with Gasteiger partial charge in [-0.3, -0.25) is 4.68 Å². The first-order chi connectivity index (χ1) is 7.30. The Labute approximate surface area is 91.6 Å². The number of hydrogen-bond acceptors (Lipinski definition) is 3. The second-order valence-corrected chi connectivity index (χ2v) is 3.62. The third kappa shape index (κ3) is 3.91. The van der Waals surface area contributed by atoms with Crippen molar-refractivity contribution in [3.63, 3.8) is 0 Å². The molecule has 86 valence electrons. The summed E-state index contributed by atoms with van der Waals surface area (Å²) >= 11 is 0. The van der Waals surface area contributed by atoms with Crippen molar-refractivity contribution in [1.82, 2.24) is 15.1 Å². The van der Waals surface area contributed by atoms with E-state index in [1.807, 2.05) is 17.9 Å². The number of likely N-dealkylation sites (N-methyl/N-ethyl adjacent to an activating group) is 1. The normalized spacial score (nSPS) is 12.7. The van der Waals surface area contributed by atoms with Crippen LogP contribution in [0.3, 0.4) is 0 Å². The van der Waals surface area contributed by atoms with Crippen molar-refractivity contribution in [3.05, 3.63) is 12.4 Å². The summed E-state index contributed by atoms with van der Waals surface area (Å²) in [6.45, 7) is 5.99. The topological polar surface area (TPSA) is 39.1 Å². The van der Waals surface area contributed by atoms with Crippen molar-refractivity contribution in [1.29, 1.82) is 0 Å². The minimum absolute atomic E-state index is 0.245. The number of hydrogen-bond donors (Lipinski definition) is 1. The zero-order valence-electron chi connectivity index (χ0n) is 9.86. The molecule has 1 heterocycles. The largest absolute Gasteiger partial charge is 0.486 e. The molecule has 0 fully saturated rings. The summed E-state index contributed by atoms with van der Waals surface area (Å²) < 4.78 is 7.70. The molecule has 0 amide bonds. The van der Waals surface area contributed by atoms with Crippen LogP contribution in [0.1, 0.15) is 26.7 Å². The maximum atomic E-state index is 5.83. The summed E-state index contributed by atoms with van der Waals surface area (Å²) in [5, 5.41) is 7.32. The molecule has 0 aliphatic carbocycles. The molecule has 0 radical (unpaired) electrons. The Kier molecular flexibility index (Phi) is 5.18. The first-order valence-corrected chi connectivity index (χ1v) is 5.63. The van der Waals surface area contributed by atoms with Gasteiger partial charge in [-0.25, -0.2) is 0 Å². The van der Waals surface area contributed by atoms with Crippen LogP contribution < -0.4 is 10.1 Å². The number of nitrogens with one attached hydrogen (secondary N) is 1. The summed E-state index contributed by atoms with van der Waals surface area (Å²) in [5.74, 6) is 0.866. The van der Waals surface area contributed by atoms with Gasteiger partial charge in [0.15, 0.2) is 5.75 Å².